The largest absolute Gasteiger partial charge is 0.396 e. The number of nitrogens with one attached hydrogen (secondary N) is 1. The Kier molecular flexibility index (Phi) is 3.54. The Balaban J connectivity index is 2.16. The van der Waals surface area contributed by atoms with E-state index in [4.69, 9.17) is 5.73 Å². The molecule has 0 unspecified atom stereocenters. The molecule has 0 aliphatic heterocycles. The lowest BCUT2D eigenvalue weighted by Crippen LogP contribution is -2.23. The fraction of sp³-hybridized carbons (Fsp3) is 0.182. The number of aryl methyl sites for hydroxylation is 1. The smallest absolute Gasteiger partial charge is 0.241 e. The molecular weight excluding hydrogens is 271 g/mol. The molecule has 3 N–H and O–H groups in total. The quantitative estimate of drug-likeness (QED) is 0.805. The minimum atomic E-state index is -3.73. The lowest BCUT2D eigenvalue weighted by atomic mass is 10.3. The van der Waals surface area contributed by atoms with Gasteiger partial charge in [-0.2, -0.15) is 5.10 Å². The Bertz CT molecular complexity index is 696. The second kappa shape index (κ2) is 4.98. The van der Waals surface area contributed by atoms with Gasteiger partial charge in [-0.3, -0.25) is 4.68 Å². The number of halogens is 1. The van der Waals surface area contributed by atoms with Gasteiger partial charge in [0.1, 0.15) is 5.82 Å². The van der Waals surface area contributed by atoms with Crippen LogP contribution in [-0.2, 0) is 23.6 Å². The molecule has 0 spiro atoms. The molecule has 1 aromatic carbocycles. The fourth-order valence-electron chi connectivity index (χ4n) is 1.50. The maximum absolute atomic E-state index is 13.0. The summed E-state index contributed by atoms with van der Waals surface area (Å²) >= 11 is 0. The van der Waals surface area contributed by atoms with Crippen LogP contribution in [0.2, 0.25) is 0 Å². The molecule has 0 saturated heterocycles. The summed E-state index contributed by atoms with van der Waals surface area (Å²) in [4.78, 5) is -0.0812. The predicted octanol–water partition coefficient (Wildman–Crippen LogP) is 0.620. The van der Waals surface area contributed by atoms with Crippen LogP contribution in [0, 0.1) is 5.82 Å². The molecule has 102 valence electrons. The van der Waals surface area contributed by atoms with Crippen LogP contribution in [0.15, 0.2) is 35.4 Å². The average Bonchev–Trinajstić information content (AvgIpc) is 2.76. The Morgan fingerprint density at radius 1 is 1.42 bits per heavy atom. The molecular formula is C11H13FN4O2S. The number of aromatic nitrogens is 2. The number of nitrogens with two attached hydrogens (primary N) is 1. The highest BCUT2D eigenvalue weighted by atomic mass is 32.2. The lowest BCUT2D eigenvalue weighted by Gasteiger charge is -2.06. The normalized spacial score (nSPS) is 11.7. The van der Waals surface area contributed by atoms with Gasteiger partial charge in [0.2, 0.25) is 10.0 Å². The molecule has 0 aliphatic carbocycles. The third kappa shape index (κ3) is 3.09. The summed E-state index contributed by atoms with van der Waals surface area (Å²) in [5.74, 6) is -0.649. The van der Waals surface area contributed by atoms with Crippen molar-refractivity contribution in [3.63, 3.8) is 0 Å². The zero-order valence-electron chi connectivity index (χ0n) is 10.2. The first kappa shape index (κ1) is 13.5. The first-order valence-electron chi connectivity index (χ1n) is 5.42. The van der Waals surface area contributed by atoms with Crippen LogP contribution in [-0.4, -0.2) is 18.2 Å². The molecule has 19 heavy (non-hydrogen) atoms. The van der Waals surface area contributed by atoms with Crippen molar-refractivity contribution in [2.24, 2.45) is 7.05 Å². The molecule has 1 aromatic heterocycles. The Hall–Kier alpha value is -1.93. The monoisotopic (exact) mass is 284 g/mol. The summed E-state index contributed by atoms with van der Waals surface area (Å²) in [7, 11) is -2.00. The SMILES string of the molecule is Cn1ccc(CNS(=O)(=O)c2ccc(F)c(N)c2)n1. The van der Waals surface area contributed by atoms with Crippen molar-refractivity contribution in [2.75, 3.05) is 5.73 Å². The molecule has 6 nitrogen and oxygen atoms in total. The van der Waals surface area contributed by atoms with Crippen LogP contribution in [0.5, 0.6) is 0 Å². The third-order valence-corrected chi connectivity index (χ3v) is 3.89. The number of benzene rings is 1. The number of anilines is 1. The van der Waals surface area contributed by atoms with Crippen molar-refractivity contribution < 1.29 is 12.8 Å². The van der Waals surface area contributed by atoms with E-state index in [1.165, 1.54) is 0 Å². The van der Waals surface area contributed by atoms with Crippen LogP contribution in [0.3, 0.4) is 0 Å². The van der Waals surface area contributed by atoms with Crippen molar-refractivity contribution in [1.29, 1.82) is 0 Å². The topological polar surface area (TPSA) is 90.0 Å². The summed E-state index contributed by atoms with van der Waals surface area (Å²) < 4.78 is 40.8. The summed E-state index contributed by atoms with van der Waals surface area (Å²) in [6.45, 7) is 0.0560. The molecule has 0 fully saturated rings. The third-order valence-electron chi connectivity index (χ3n) is 2.49. The van der Waals surface area contributed by atoms with Crippen molar-refractivity contribution in [1.82, 2.24) is 14.5 Å². The van der Waals surface area contributed by atoms with E-state index in [9.17, 15) is 12.8 Å². The van der Waals surface area contributed by atoms with Gasteiger partial charge in [0.15, 0.2) is 0 Å². The van der Waals surface area contributed by atoms with Gasteiger partial charge in [-0.15, -0.1) is 0 Å². The molecule has 0 radical (unpaired) electrons. The minimum Gasteiger partial charge on any atom is -0.396 e. The zero-order valence-corrected chi connectivity index (χ0v) is 11.0. The molecule has 1 heterocycles. The molecule has 2 aromatic rings. The van der Waals surface area contributed by atoms with Crippen LogP contribution >= 0.6 is 0 Å². The maximum Gasteiger partial charge on any atom is 0.241 e. The van der Waals surface area contributed by atoms with Crippen molar-refractivity contribution in [3.8, 4) is 0 Å². The van der Waals surface area contributed by atoms with E-state index < -0.39 is 15.8 Å². The number of sulfonamides is 1. The van der Waals surface area contributed by atoms with Crippen LogP contribution in [0.1, 0.15) is 5.69 Å². The van der Waals surface area contributed by atoms with E-state index in [0.717, 1.165) is 18.2 Å². The number of hydrogen-bond acceptors (Lipinski definition) is 4. The predicted molar refractivity (Wildman–Crippen MR) is 68.0 cm³/mol. The van der Waals surface area contributed by atoms with Gasteiger partial charge in [0.25, 0.3) is 0 Å². The number of nitrogens with zero attached hydrogens (tertiary/aromatic N) is 2. The van der Waals surface area contributed by atoms with Gasteiger partial charge in [-0.1, -0.05) is 0 Å². The number of rotatable bonds is 4. The van der Waals surface area contributed by atoms with Crippen LogP contribution in [0.4, 0.5) is 10.1 Å². The van der Waals surface area contributed by atoms with E-state index in [0.29, 0.717) is 5.69 Å². The maximum atomic E-state index is 13.0. The van der Waals surface area contributed by atoms with Gasteiger partial charge < -0.3 is 5.73 Å². The second-order valence-corrected chi connectivity index (χ2v) is 5.76. The van der Waals surface area contributed by atoms with Crippen molar-refractivity contribution in [2.45, 2.75) is 11.4 Å². The average molecular weight is 284 g/mol. The summed E-state index contributed by atoms with van der Waals surface area (Å²) in [6, 6.07) is 4.95. The standard InChI is InChI=1S/C11H13FN4O2S/c1-16-5-4-8(15-16)7-14-19(17,18)9-2-3-10(12)11(13)6-9/h2-6,14H,7,13H2,1H3. The van der Waals surface area contributed by atoms with E-state index in [1.807, 2.05) is 0 Å². The second-order valence-electron chi connectivity index (χ2n) is 3.99. The number of hydrogen-bond donors (Lipinski definition) is 2. The Labute approximate surface area is 110 Å². The Morgan fingerprint density at radius 2 is 2.16 bits per heavy atom. The first-order chi connectivity index (χ1) is 8.88. The van der Waals surface area contributed by atoms with E-state index in [2.05, 4.69) is 9.82 Å². The summed E-state index contributed by atoms with van der Waals surface area (Å²) in [6.07, 6.45) is 1.71. The highest BCUT2D eigenvalue weighted by molar-refractivity contribution is 7.89. The summed E-state index contributed by atoms with van der Waals surface area (Å²) in [5.41, 5.74) is 5.72. The zero-order chi connectivity index (χ0) is 14.0. The van der Waals surface area contributed by atoms with Crippen molar-refractivity contribution in [3.05, 3.63) is 42.0 Å². The van der Waals surface area contributed by atoms with Gasteiger partial charge >= 0.3 is 0 Å². The molecule has 0 aliphatic rings. The number of nitrogen functional groups attached to an aromatic ring is 1. The van der Waals surface area contributed by atoms with Gasteiger partial charge in [0.05, 0.1) is 22.8 Å². The van der Waals surface area contributed by atoms with Gasteiger partial charge in [0, 0.05) is 13.2 Å². The fourth-order valence-corrected chi connectivity index (χ4v) is 2.53. The molecule has 0 atom stereocenters. The molecule has 0 amide bonds. The minimum absolute atomic E-state index is 0.0560. The lowest BCUT2D eigenvalue weighted by molar-refractivity contribution is 0.579. The highest BCUT2D eigenvalue weighted by Gasteiger charge is 2.15. The molecule has 0 bridgehead atoms. The van der Waals surface area contributed by atoms with Crippen molar-refractivity contribution >= 4 is 15.7 Å². The van der Waals surface area contributed by atoms with Crippen LogP contribution in [0.25, 0.3) is 0 Å². The molecule has 0 saturated carbocycles. The first-order valence-corrected chi connectivity index (χ1v) is 6.90. The summed E-state index contributed by atoms with van der Waals surface area (Å²) in [5, 5.41) is 4.04. The molecule has 2 rings (SSSR count). The van der Waals surface area contributed by atoms with E-state index >= 15 is 0 Å². The van der Waals surface area contributed by atoms with E-state index in [1.54, 1.807) is 24.0 Å². The van der Waals surface area contributed by atoms with E-state index in [-0.39, 0.29) is 17.1 Å². The highest BCUT2D eigenvalue weighted by Crippen LogP contribution is 2.16. The Morgan fingerprint density at radius 3 is 2.74 bits per heavy atom. The van der Waals surface area contributed by atoms with Crippen LogP contribution < -0.4 is 10.5 Å². The molecule has 8 heteroatoms. The van der Waals surface area contributed by atoms with Gasteiger partial charge in [-0.25, -0.2) is 17.5 Å². The van der Waals surface area contributed by atoms with Gasteiger partial charge in [-0.05, 0) is 24.3 Å².